The maximum absolute atomic E-state index is 4.00. The third kappa shape index (κ3) is 19.1. The van der Waals surface area contributed by atoms with E-state index >= 15 is 0 Å². The maximum atomic E-state index is 4.00. The van der Waals surface area contributed by atoms with E-state index in [4.69, 9.17) is 0 Å². The molecule has 0 aliphatic heterocycles. The van der Waals surface area contributed by atoms with Crippen molar-refractivity contribution in [1.82, 2.24) is 0 Å². The Balaban J connectivity index is 0. The monoisotopic (exact) mass is 125 g/mol. The van der Waals surface area contributed by atoms with Gasteiger partial charge in [0, 0.05) is 11.4 Å². The molecule has 0 spiro atoms. The highest BCUT2D eigenvalue weighted by Gasteiger charge is 1.74. The molecule has 0 radical (unpaired) electrons. The van der Waals surface area contributed by atoms with Crippen molar-refractivity contribution in [2.75, 3.05) is 0 Å². The van der Waals surface area contributed by atoms with Crippen LogP contribution in [0.1, 0.15) is 20.8 Å². The van der Waals surface area contributed by atoms with Crippen molar-refractivity contribution in [1.29, 1.82) is 0 Å². The van der Waals surface area contributed by atoms with Crippen LogP contribution >= 0.6 is 0 Å². The summed E-state index contributed by atoms with van der Waals surface area (Å²) in [5.74, 6) is 0. The van der Waals surface area contributed by atoms with Gasteiger partial charge in [-0.2, -0.15) is 0 Å². The van der Waals surface area contributed by atoms with Crippen molar-refractivity contribution in [2.24, 2.45) is 4.99 Å². The minimum absolute atomic E-state index is 0.875. The number of hydrogen-bond acceptors (Lipinski definition) is 1. The molecule has 0 heterocycles. The summed E-state index contributed by atoms with van der Waals surface area (Å²) < 4.78 is 0. The number of allylic oxidation sites excluding steroid dienone is 1. The van der Waals surface area contributed by atoms with Crippen molar-refractivity contribution in [2.45, 2.75) is 20.8 Å². The van der Waals surface area contributed by atoms with E-state index in [0.29, 0.717) is 0 Å². The zero-order valence-electron chi connectivity index (χ0n) is 6.57. The molecule has 52 valence electrons. The molecule has 0 saturated heterocycles. The maximum Gasteiger partial charge on any atom is 0.0300 e. The van der Waals surface area contributed by atoms with Gasteiger partial charge in [0.25, 0.3) is 0 Å². The van der Waals surface area contributed by atoms with E-state index in [9.17, 15) is 0 Å². The molecule has 1 heteroatoms. The third-order valence-electron chi connectivity index (χ3n) is 0.414. The normalized spacial score (nSPS) is 6.56. The van der Waals surface area contributed by atoms with Crippen molar-refractivity contribution in [3.05, 3.63) is 25.4 Å². The average Bonchev–Trinajstić information content (AvgIpc) is 1.68. The van der Waals surface area contributed by atoms with Gasteiger partial charge in [0.15, 0.2) is 0 Å². The second-order valence-electron chi connectivity index (χ2n) is 1.79. The number of nitrogens with zero attached hydrogens (tertiary/aromatic N) is 1. The van der Waals surface area contributed by atoms with Crippen LogP contribution in [0, 0.1) is 0 Å². The number of aliphatic imine (C=N–C) groups is 1. The van der Waals surface area contributed by atoms with Gasteiger partial charge in [-0.1, -0.05) is 6.58 Å². The Hall–Kier alpha value is -0.850. The smallest absolute Gasteiger partial charge is 0.0300 e. The van der Waals surface area contributed by atoms with Crippen LogP contribution in [-0.2, 0) is 0 Å². The first-order valence-electron chi connectivity index (χ1n) is 2.80. The molecular weight excluding hydrogens is 110 g/mol. The lowest BCUT2D eigenvalue weighted by Crippen LogP contribution is -1.78. The molecule has 1 nitrogen and oxygen atoms in total. The molecular formula is C8H15N. The Bertz CT molecular complexity index is 108. The van der Waals surface area contributed by atoms with Crippen LogP contribution in [0.4, 0.5) is 0 Å². The SMILES string of the molecule is C=C.C=C(C)N=C(C)C. The van der Waals surface area contributed by atoms with Gasteiger partial charge in [-0.3, -0.25) is 4.99 Å². The van der Waals surface area contributed by atoms with Gasteiger partial charge in [-0.05, 0) is 20.8 Å². The van der Waals surface area contributed by atoms with E-state index in [2.05, 4.69) is 24.7 Å². The molecule has 9 heavy (non-hydrogen) atoms. The first-order valence-corrected chi connectivity index (χ1v) is 2.80. The van der Waals surface area contributed by atoms with Gasteiger partial charge in [0.2, 0.25) is 0 Å². The Labute approximate surface area is 57.8 Å². The number of hydrogen-bond donors (Lipinski definition) is 0. The van der Waals surface area contributed by atoms with Crippen molar-refractivity contribution in [3.63, 3.8) is 0 Å². The number of rotatable bonds is 1. The third-order valence-corrected chi connectivity index (χ3v) is 0.414. The van der Waals surface area contributed by atoms with Gasteiger partial charge in [0.05, 0.1) is 0 Å². The molecule has 0 amide bonds. The molecule has 0 aliphatic carbocycles. The van der Waals surface area contributed by atoms with Crippen molar-refractivity contribution in [3.8, 4) is 0 Å². The highest BCUT2D eigenvalue weighted by Crippen LogP contribution is 1.87. The molecule has 0 saturated carbocycles. The van der Waals surface area contributed by atoms with Crippen molar-refractivity contribution >= 4 is 5.71 Å². The van der Waals surface area contributed by atoms with Gasteiger partial charge in [-0.25, -0.2) is 0 Å². The molecule has 0 rings (SSSR count). The van der Waals surface area contributed by atoms with Crippen LogP contribution in [0.5, 0.6) is 0 Å². The quantitative estimate of drug-likeness (QED) is 0.377. The lowest BCUT2D eigenvalue weighted by molar-refractivity contribution is 1.31. The summed E-state index contributed by atoms with van der Waals surface area (Å²) in [4.78, 5) is 4.00. The van der Waals surface area contributed by atoms with E-state index < -0.39 is 0 Å². The zero-order chi connectivity index (χ0) is 7.86. The predicted molar refractivity (Wildman–Crippen MR) is 44.9 cm³/mol. The summed E-state index contributed by atoms with van der Waals surface area (Å²) in [6.45, 7) is 15.4. The van der Waals surface area contributed by atoms with Gasteiger partial charge >= 0.3 is 0 Å². The fourth-order valence-electron chi connectivity index (χ4n) is 0.382. The largest absolute Gasteiger partial charge is 0.264 e. The molecule has 0 atom stereocenters. The fraction of sp³-hybridized carbons (Fsp3) is 0.375. The highest BCUT2D eigenvalue weighted by molar-refractivity contribution is 5.79. The molecule has 0 fully saturated rings. The second kappa shape index (κ2) is 7.15. The molecule has 0 aromatic carbocycles. The lowest BCUT2D eigenvalue weighted by atomic mass is 10.5. The van der Waals surface area contributed by atoms with Crippen LogP contribution in [0.25, 0.3) is 0 Å². The summed E-state index contributed by atoms with van der Waals surface area (Å²) >= 11 is 0. The van der Waals surface area contributed by atoms with E-state index in [1.807, 2.05) is 20.8 Å². The van der Waals surface area contributed by atoms with Gasteiger partial charge < -0.3 is 0 Å². The Morgan fingerprint density at radius 2 is 1.44 bits per heavy atom. The van der Waals surface area contributed by atoms with Crippen LogP contribution < -0.4 is 0 Å². The predicted octanol–water partition coefficient (Wildman–Crippen LogP) is 2.80. The summed E-state index contributed by atoms with van der Waals surface area (Å²) in [5, 5.41) is 0. The Morgan fingerprint density at radius 1 is 1.11 bits per heavy atom. The first-order chi connectivity index (χ1) is 4.13. The second-order valence-corrected chi connectivity index (χ2v) is 1.79. The minimum Gasteiger partial charge on any atom is -0.264 e. The fourth-order valence-corrected chi connectivity index (χ4v) is 0.382. The van der Waals surface area contributed by atoms with E-state index in [1.165, 1.54) is 0 Å². The molecule has 0 unspecified atom stereocenters. The summed E-state index contributed by atoms with van der Waals surface area (Å²) in [6, 6.07) is 0. The van der Waals surface area contributed by atoms with E-state index in [-0.39, 0.29) is 0 Å². The minimum atomic E-state index is 0.875. The molecule has 0 aromatic rings. The van der Waals surface area contributed by atoms with Gasteiger partial charge in [0.1, 0.15) is 0 Å². The summed E-state index contributed by atoms with van der Waals surface area (Å²) in [5.41, 5.74) is 1.94. The molecule has 0 aromatic heterocycles. The Kier molecular flexibility index (Phi) is 8.75. The van der Waals surface area contributed by atoms with Crippen LogP contribution in [-0.4, -0.2) is 5.71 Å². The average molecular weight is 125 g/mol. The summed E-state index contributed by atoms with van der Waals surface area (Å²) in [7, 11) is 0. The molecule has 0 bridgehead atoms. The van der Waals surface area contributed by atoms with Crippen LogP contribution in [0.15, 0.2) is 30.4 Å². The van der Waals surface area contributed by atoms with Gasteiger partial charge in [-0.15, -0.1) is 13.2 Å². The summed E-state index contributed by atoms with van der Waals surface area (Å²) in [6.07, 6.45) is 0. The Morgan fingerprint density at radius 3 is 1.44 bits per heavy atom. The standard InChI is InChI=1S/C6H11N.C2H4/c1-5(2)7-6(3)4;1-2/h1H2,2-4H3;1-2H2. The lowest BCUT2D eigenvalue weighted by Gasteiger charge is -1.85. The van der Waals surface area contributed by atoms with Crippen molar-refractivity contribution < 1.29 is 0 Å². The van der Waals surface area contributed by atoms with Crippen LogP contribution in [0.3, 0.4) is 0 Å². The van der Waals surface area contributed by atoms with E-state index in [1.54, 1.807) is 0 Å². The molecule has 0 aliphatic rings. The zero-order valence-corrected chi connectivity index (χ0v) is 6.57. The van der Waals surface area contributed by atoms with Crippen LogP contribution in [0.2, 0.25) is 0 Å². The first kappa shape index (κ1) is 11.0. The van der Waals surface area contributed by atoms with E-state index in [0.717, 1.165) is 11.4 Å². The molecule has 0 N–H and O–H groups in total. The topological polar surface area (TPSA) is 12.4 Å². The highest BCUT2D eigenvalue weighted by atomic mass is 14.7.